The van der Waals surface area contributed by atoms with Crippen LogP contribution in [0.15, 0.2) is 5.38 Å². The van der Waals surface area contributed by atoms with Gasteiger partial charge in [-0.15, -0.1) is 11.3 Å². The molecule has 0 saturated heterocycles. The summed E-state index contributed by atoms with van der Waals surface area (Å²) in [5.74, 6) is 0.992. The van der Waals surface area contributed by atoms with Crippen molar-refractivity contribution in [3.63, 3.8) is 0 Å². The van der Waals surface area contributed by atoms with Crippen LogP contribution in [-0.4, -0.2) is 23.9 Å². The van der Waals surface area contributed by atoms with Crippen molar-refractivity contribution in [1.29, 1.82) is 0 Å². The Labute approximate surface area is 139 Å². The smallest absolute Gasteiger partial charge is 0.254 e. The standard InChI is InChI=1S/C19H31NOS/c1-6-8-11-20(7-2)18(21)16-13-22-17-12-14(19(3,4)5)9-10-15(16)17/h13-14H,6-12H2,1-5H3. The maximum atomic E-state index is 12.8. The zero-order valence-electron chi connectivity index (χ0n) is 14.9. The van der Waals surface area contributed by atoms with Gasteiger partial charge in [0.25, 0.3) is 5.91 Å². The van der Waals surface area contributed by atoms with Crippen LogP contribution in [0, 0.1) is 11.3 Å². The average Bonchev–Trinajstić information content (AvgIpc) is 2.89. The second kappa shape index (κ2) is 7.16. The second-order valence-electron chi connectivity index (χ2n) is 7.60. The third kappa shape index (κ3) is 3.73. The molecule has 2 rings (SSSR count). The fraction of sp³-hybridized carbons (Fsp3) is 0.737. The van der Waals surface area contributed by atoms with Crippen molar-refractivity contribution in [2.24, 2.45) is 11.3 Å². The minimum Gasteiger partial charge on any atom is -0.339 e. The lowest BCUT2D eigenvalue weighted by Crippen LogP contribution is -2.33. The van der Waals surface area contributed by atoms with E-state index in [4.69, 9.17) is 0 Å². The van der Waals surface area contributed by atoms with Crippen molar-refractivity contribution in [2.75, 3.05) is 13.1 Å². The molecule has 1 aromatic rings. The fourth-order valence-electron chi connectivity index (χ4n) is 3.35. The number of hydrogen-bond donors (Lipinski definition) is 0. The second-order valence-corrected chi connectivity index (χ2v) is 8.56. The molecule has 0 fully saturated rings. The lowest BCUT2D eigenvalue weighted by atomic mass is 9.72. The van der Waals surface area contributed by atoms with Crippen LogP contribution >= 0.6 is 11.3 Å². The Hall–Kier alpha value is -0.830. The van der Waals surface area contributed by atoms with E-state index in [9.17, 15) is 4.79 Å². The molecule has 22 heavy (non-hydrogen) atoms. The first kappa shape index (κ1) is 17.5. The van der Waals surface area contributed by atoms with E-state index >= 15 is 0 Å². The third-order valence-corrected chi connectivity index (χ3v) is 6.11. The third-order valence-electron chi connectivity index (χ3n) is 5.06. The summed E-state index contributed by atoms with van der Waals surface area (Å²) in [7, 11) is 0. The molecule has 1 unspecified atom stereocenters. The molecule has 1 aliphatic carbocycles. The van der Waals surface area contributed by atoms with E-state index in [1.807, 2.05) is 4.90 Å². The topological polar surface area (TPSA) is 20.3 Å². The molecule has 0 aliphatic heterocycles. The van der Waals surface area contributed by atoms with Gasteiger partial charge in [-0.05, 0) is 49.5 Å². The van der Waals surface area contributed by atoms with Crippen molar-refractivity contribution in [3.8, 4) is 0 Å². The lowest BCUT2D eigenvalue weighted by Gasteiger charge is -2.34. The number of hydrogen-bond acceptors (Lipinski definition) is 2. The normalized spacial score (nSPS) is 18.1. The van der Waals surface area contributed by atoms with Gasteiger partial charge in [-0.1, -0.05) is 34.1 Å². The minimum absolute atomic E-state index is 0.252. The van der Waals surface area contributed by atoms with Gasteiger partial charge >= 0.3 is 0 Å². The van der Waals surface area contributed by atoms with Gasteiger partial charge in [0.2, 0.25) is 0 Å². The zero-order valence-corrected chi connectivity index (χ0v) is 15.7. The van der Waals surface area contributed by atoms with Crippen LogP contribution in [0.3, 0.4) is 0 Å². The molecule has 0 saturated carbocycles. The van der Waals surface area contributed by atoms with E-state index < -0.39 is 0 Å². The number of rotatable bonds is 5. The van der Waals surface area contributed by atoms with Gasteiger partial charge in [0.1, 0.15) is 0 Å². The molecule has 1 heterocycles. The van der Waals surface area contributed by atoms with E-state index in [1.54, 1.807) is 11.3 Å². The van der Waals surface area contributed by atoms with Gasteiger partial charge in [-0.25, -0.2) is 0 Å². The predicted octanol–water partition coefficient (Wildman–Crippen LogP) is 5.16. The highest BCUT2D eigenvalue weighted by molar-refractivity contribution is 7.10. The summed E-state index contributed by atoms with van der Waals surface area (Å²) in [5, 5.41) is 2.12. The Morgan fingerprint density at radius 1 is 1.36 bits per heavy atom. The van der Waals surface area contributed by atoms with Crippen LogP contribution in [0.25, 0.3) is 0 Å². The number of unbranched alkanes of at least 4 members (excludes halogenated alkanes) is 1. The number of nitrogens with zero attached hydrogens (tertiary/aromatic N) is 1. The van der Waals surface area contributed by atoms with Crippen LogP contribution in [0.2, 0.25) is 0 Å². The number of amides is 1. The number of fused-ring (bicyclic) bond motifs is 1. The van der Waals surface area contributed by atoms with E-state index in [1.165, 1.54) is 16.9 Å². The Bertz CT molecular complexity index is 512. The van der Waals surface area contributed by atoms with Crippen molar-refractivity contribution < 1.29 is 4.79 Å². The maximum Gasteiger partial charge on any atom is 0.254 e. The summed E-state index contributed by atoms with van der Waals surface area (Å²) in [6, 6.07) is 0. The van der Waals surface area contributed by atoms with Gasteiger partial charge < -0.3 is 4.90 Å². The summed E-state index contributed by atoms with van der Waals surface area (Å²) in [6.45, 7) is 13.0. The van der Waals surface area contributed by atoms with Gasteiger partial charge in [-0.2, -0.15) is 0 Å². The van der Waals surface area contributed by atoms with Gasteiger partial charge in [0.15, 0.2) is 0 Å². The summed E-state index contributed by atoms with van der Waals surface area (Å²) >= 11 is 1.80. The Morgan fingerprint density at radius 3 is 2.68 bits per heavy atom. The molecular formula is C19H31NOS. The molecule has 1 atom stereocenters. The summed E-state index contributed by atoms with van der Waals surface area (Å²) in [6.07, 6.45) is 5.68. The Morgan fingerprint density at radius 2 is 2.09 bits per heavy atom. The number of carbonyl (C=O) groups excluding carboxylic acids is 1. The average molecular weight is 322 g/mol. The molecule has 1 aromatic heterocycles. The summed E-state index contributed by atoms with van der Waals surface area (Å²) < 4.78 is 0. The van der Waals surface area contributed by atoms with E-state index in [-0.39, 0.29) is 5.91 Å². The van der Waals surface area contributed by atoms with E-state index in [0.717, 1.165) is 50.3 Å². The van der Waals surface area contributed by atoms with Crippen molar-refractivity contribution in [2.45, 2.75) is 66.7 Å². The van der Waals surface area contributed by atoms with Crippen molar-refractivity contribution >= 4 is 17.2 Å². The molecule has 0 radical (unpaired) electrons. The molecule has 0 aromatic carbocycles. The Balaban J connectivity index is 2.15. The van der Waals surface area contributed by atoms with Crippen molar-refractivity contribution in [1.82, 2.24) is 4.90 Å². The van der Waals surface area contributed by atoms with Gasteiger partial charge in [-0.3, -0.25) is 4.79 Å². The maximum absolute atomic E-state index is 12.8. The Kier molecular flexibility index (Phi) is 5.70. The minimum atomic E-state index is 0.252. The quantitative estimate of drug-likeness (QED) is 0.733. The largest absolute Gasteiger partial charge is 0.339 e. The van der Waals surface area contributed by atoms with Crippen LogP contribution in [0.1, 0.15) is 74.7 Å². The summed E-state index contributed by atoms with van der Waals surface area (Å²) in [4.78, 5) is 16.3. The molecule has 0 N–H and O–H groups in total. The number of thiophene rings is 1. The molecule has 124 valence electrons. The van der Waals surface area contributed by atoms with Crippen LogP contribution in [0.4, 0.5) is 0 Å². The van der Waals surface area contributed by atoms with Gasteiger partial charge in [0, 0.05) is 23.3 Å². The first-order valence-electron chi connectivity index (χ1n) is 8.77. The highest BCUT2D eigenvalue weighted by Gasteiger charge is 2.32. The van der Waals surface area contributed by atoms with Crippen molar-refractivity contribution in [3.05, 3.63) is 21.4 Å². The van der Waals surface area contributed by atoms with Crippen LogP contribution < -0.4 is 0 Å². The highest BCUT2D eigenvalue weighted by atomic mass is 32.1. The zero-order chi connectivity index (χ0) is 16.3. The fourth-order valence-corrected chi connectivity index (χ4v) is 4.51. The molecule has 0 bridgehead atoms. The summed E-state index contributed by atoms with van der Waals surface area (Å²) in [5.41, 5.74) is 2.71. The first-order chi connectivity index (χ1) is 10.4. The molecular weight excluding hydrogens is 290 g/mol. The molecule has 0 spiro atoms. The molecule has 2 nitrogen and oxygen atoms in total. The molecule has 1 aliphatic rings. The monoisotopic (exact) mass is 321 g/mol. The van der Waals surface area contributed by atoms with E-state index in [2.05, 4.69) is 40.0 Å². The van der Waals surface area contributed by atoms with E-state index in [0.29, 0.717) is 5.41 Å². The van der Waals surface area contributed by atoms with Crippen LogP contribution in [-0.2, 0) is 12.8 Å². The van der Waals surface area contributed by atoms with Gasteiger partial charge in [0.05, 0.1) is 5.56 Å². The van der Waals surface area contributed by atoms with Crippen LogP contribution in [0.5, 0.6) is 0 Å². The predicted molar refractivity (Wildman–Crippen MR) is 95.8 cm³/mol. The first-order valence-corrected chi connectivity index (χ1v) is 9.64. The SMILES string of the molecule is CCCCN(CC)C(=O)c1csc2c1CCC(C(C)(C)C)C2. The molecule has 1 amide bonds. The number of carbonyl (C=O) groups is 1. The molecule has 3 heteroatoms. The lowest BCUT2D eigenvalue weighted by molar-refractivity contribution is 0.0761. The highest BCUT2D eigenvalue weighted by Crippen LogP contribution is 2.40.